The van der Waals surface area contributed by atoms with Gasteiger partial charge in [0, 0.05) is 13.1 Å². The van der Waals surface area contributed by atoms with Gasteiger partial charge in [0.05, 0.1) is 30.2 Å². The van der Waals surface area contributed by atoms with Crippen LogP contribution >= 0.6 is 0 Å². The summed E-state index contributed by atoms with van der Waals surface area (Å²) in [5.41, 5.74) is 8.40. The van der Waals surface area contributed by atoms with Crippen LogP contribution in [0.5, 0.6) is 0 Å². The van der Waals surface area contributed by atoms with E-state index in [0.29, 0.717) is 12.2 Å². The molecule has 21 heavy (non-hydrogen) atoms. The maximum absolute atomic E-state index is 11.8. The Morgan fingerprint density at radius 2 is 2.14 bits per heavy atom. The highest BCUT2D eigenvalue weighted by molar-refractivity contribution is 5.88. The normalized spacial score (nSPS) is 10.9. The van der Waals surface area contributed by atoms with E-state index in [2.05, 4.69) is 15.4 Å². The van der Waals surface area contributed by atoms with Crippen molar-refractivity contribution in [2.75, 3.05) is 6.61 Å². The van der Waals surface area contributed by atoms with E-state index in [1.807, 2.05) is 24.6 Å². The van der Waals surface area contributed by atoms with Gasteiger partial charge >= 0.3 is 5.97 Å². The van der Waals surface area contributed by atoms with Crippen LogP contribution in [0.25, 0.3) is 0 Å². The first kappa shape index (κ1) is 15.2. The molecule has 0 fully saturated rings. The molecule has 0 spiro atoms. The topological polar surface area (TPSA) is 101 Å². The van der Waals surface area contributed by atoms with Gasteiger partial charge in [0.1, 0.15) is 0 Å². The first-order valence-corrected chi connectivity index (χ1v) is 6.93. The van der Waals surface area contributed by atoms with E-state index in [1.165, 1.54) is 0 Å². The van der Waals surface area contributed by atoms with Gasteiger partial charge in [0.15, 0.2) is 5.69 Å². The van der Waals surface area contributed by atoms with Crippen molar-refractivity contribution in [1.29, 1.82) is 0 Å². The summed E-state index contributed by atoms with van der Waals surface area (Å²) in [6, 6.07) is 1.98. The minimum atomic E-state index is -0.496. The molecule has 8 nitrogen and oxygen atoms in total. The molecule has 2 aromatic heterocycles. The molecule has 2 heterocycles. The Labute approximate surface area is 122 Å². The molecule has 0 aromatic carbocycles. The fourth-order valence-corrected chi connectivity index (χ4v) is 2.17. The highest BCUT2D eigenvalue weighted by atomic mass is 16.5. The van der Waals surface area contributed by atoms with Crippen LogP contribution in [0, 0.1) is 6.92 Å². The number of hydrogen-bond acceptors (Lipinski definition) is 6. The first-order valence-electron chi connectivity index (χ1n) is 6.93. The third-order valence-electron chi connectivity index (χ3n) is 3.10. The van der Waals surface area contributed by atoms with Gasteiger partial charge in [0.2, 0.25) is 0 Å². The molecule has 0 amide bonds. The van der Waals surface area contributed by atoms with Crippen molar-refractivity contribution in [3.8, 4) is 0 Å². The fourth-order valence-electron chi connectivity index (χ4n) is 2.17. The molecule has 0 aliphatic heterocycles. The van der Waals surface area contributed by atoms with E-state index < -0.39 is 5.97 Å². The third kappa shape index (κ3) is 3.10. The van der Waals surface area contributed by atoms with Gasteiger partial charge in [-0.1, -0.05) is 5.21 Å². The summed E-state index contributed by atoms with van der Waals surface area (Å²) in [5.74, 6) is -0.496. The summed E-state index contributed by atoms with van der Waals surface area (Å²) in [7, 11) is 0. The molecule has 2 N–H and O–H groups in total. The summed E-state index contributed by atoms with van der Waals surface area (Å²) in [5, 5.41) is 12.3. The molecule has 0 bridgehead atoms. The van der Waals surface area contributed by atoms with Crippen LogP contribution in [0.4, 0.5) is 0 Å². The molecule has 0 aliphatic carbocycles. The summed E-state index contributed by atoms with van der Waals surface area (Å²) < 4.78 is 8.47. The molecule has 114 valence electrons. The average Bonchev–Trinajstić information content (AvgIpc) is 3.02. The maximum Gasteiger partial charge on any atom is 0.360 e. The number of hydrogen-bond donors (Lipinski definition) is 1. The summed E-state index contributed by atoms with van der Waals surface area (Å²) in [6.07, 6.45) is 0. The quantitative estimate of drug-likeness (QED) is 0.777. The zero-order valence-corrected chi connectivity index (χ0v) is 12.5. The zero-order valence-electron chi connectivity index (χ0n) is 12.5. The highest BCUT2D eigenvalue weighted by Gasteiger charge is 2.20. The first-order chi connectivity index (χ1) is 10.1. The number of aromatic nitrogens is 5. The van der Waals surface area contributed by atoms with Crippen molar-refractivity contribution < 1.29 is 9.53 Å². The van der Waals surface area contributed by atoms with Crippen LogP contribution in [0.3, 0.4) is 0 Å². The van der Waals surface area contributed by atoms with Crippen molar-refractivity contribution in [3.05, 3.63) is 28.8 Å². The minimum absolute atomic E-state index is 0.167. The van der Waals surface area contributed by atoms with Crippen LogP contribution in [-0.4, -0.2) is 37.4 Å². The van der Waals surface area contributed by atoms with E-state index >= 15 is 0 Å². The van der Waals surface area contributed by atoms with Crippen molar-refractivity contribution in [1.82, 2.24) is 24.8 Å². The van der Waals surface area contributed by atoms with Crippen molar-refractivity contribution in [2.45, 2.75) is 40.4 Å². The second-order valence-corrected chi connectivity index (χ2v) is 4.56. The van der Waals surface area contributed by atoms with Gasteiger partial charge < -0.3 is 10.5 Å². The van der Waals surface area contributed by atoms with Crippen molar-refractivity contribution >= 4 is 5.97 Å². The number of ether oxygens (including phenoxy) is 1. The Kier molecular flexibility index (Phi) is 4.69. The molecular weight excluding hydrogens is 272 g/mol. The summed E-state index contributed by atoms with van der Waals surface area (Å²) in [4.78, 5) is 11.8. The molecule has 0 saturated carbocycles. The standard InChI is InChI=1S/C13H20N6O2/c1-4-18-10(6-9(3)16-18)8-19-11(7-14)12(15-17-19)13(20)21-5-2/h6H,4-5,7-8,14H2,1-3H3. The second kappa shape index (κ2) is 6.49. The number of nitrogens with zero attached hydrogens (tertiary/aromatic N) is 5. The molecule has 2 rings (SSSR count). The Balaban J connectivity index is 2.30. The van der Waals surface area contributed by atoms with Crippen molar-refractivity contribution in [2.24, 2.45) is 5.73 Å². The molecule has 0 radical (unpaired) electrons. The van der Waals surface area contributed by atoms with Gasteiger partial charge in [0.25, 0.3) is 0 Å². The van der Waals surface area contributed by atoms with Crippen LogP contribution < -0.4 is 5.73 Å². The highest BCUT2D eigenvalue weighted by Crippen LogP contribution is 2.11. The molecule has 0 aliphatic rings. The molecule has 2 aromatic rings. The van der Waals surface area contributed by atoms with Gasteiger partial charge in [-0.05, 0) is 26.8 Å². The Morgan fingerprint density at radius 3 is 2.76 bits per heavy atom. The largest absolute Gasteiger partial charge is 0.461 e. The minimum Gasteiger partial charge on any atom is -0.461 e. The number of rotatable bonds is 6. The van der Waals surface area contributed by atoms with E-state index in [1.54, 1.807) is 11.6 Å². The van der Waals surface area contributed by atoms with E-state index in [9.17, 15) is 4.79 Å². The Bertz CT molecular complexity index is 631. The smallest absolute Gasteiger partial charge is 0.360 e. The predicted octanol–water partition coefficient (Wildman–Crippen LogP) is 0.487. The SMILES string of the molecule is CCOC(=O)c1nnn(Cc2cc(C)nn2CC)c1CN. The maximum atomic E-state index is 11.8. The van der Waals surface area contributed by atoms with Crippen molar-refractivity contribution in [3.63, 3.8) is 0 Å². The van der Waals surface area contributed by atoms with Gasteiger partial charge in [-0.3, -0.25) is 4.68 Å². The molecule has 0 atom stereocenters. The van der Waals surface area contributed by atoms with Gasteiger partial charge in [-0.25, -0.2) is 9.48 Å². The molecule has 0 saturated heterocycles. The predicted molar refractivity (Wildman–Crippen MR) is 75.6 cm³/mol. The number of esters is 1. The average molecular weight is 292 g/mol. The number of carbonyl (C=O) groups excluding carboxylic acids is 1. The lowest BCUT2D eigenvalue weighted by molar-refractivity contribution is 0.0518. The zero-order chi connectivity index (χ0) is 15.4. The monoisotopic (exact) mass is 292 g/mol. The lowest BCUT2D eigenvalue weighted by Crippen LogP contribution is -2.16. The number of carbonyl (C=O) groups is 1. The molecular formula is C13H20N6O2. The Hall–Kier alpha value is -2.22. The lowest BCUT2D eigenvalue weighted by Gasteiger charge is -2.07. The lowest BCUT2D eigenvalue weighted by atomic mass is 10.3. The van der Waals surface area contributed by atoms with E-state index in [4.69, 9.17) is 10.5 Å². The van der Waals surface area contributed by atoms with E-state index in [0.717, 1.165) is 17.9 Å². The number of nitrogens with two attached hydrogens (primary N) is 1. The van der Waals surface area contributed by atoms with Gasteiger partial charge in [-0.15, -0.1) is 5.10 Å². The van der Waals surface area contributed by atoms with Crippen LogP contribution in [-0.2, 0) is 24.4 Å². The fraction of sp³-hybridized carbons (Fsp3) is 0.538. The van der Waals surface area contributed by atoms with Crippen LogP contribution in [0.15, 0.2) is 6.07 Å². The van der Waals surface area contributed by atoms with Crippen LogP contribution in [0.2, 0.25) is 0 Å². The summed E-state index contributed by atoms with van der Waals surface area (Å²) in [6.45, 7) is 7.38. The Morgan fingerprint density at radius 1 is 1.38 bits per heavy atom. The van der Waals surface area contributed by atoms with Gasteiger partial charge in [-0.2, -0.15) is 5.10 Å². The molecule has 8 heteroatoms. The van der Waals surface area contributed by atoms with Crippen LogP contribution in [0.1, 0.15) is 41.4 Å². The second-order valence-electron chi connectivity index (χ2n) is 4.56. The third-order valence-corrected chi connectivity index (χ3v) is 3.10. The summed E-state index contributed by atoms with van der Waals surface area (Å²) >= 11 is 0. The number of aryl methyl sites for hydroxylation is 2. The molecule has 0 unspecified atom stereocenters. The van der Waals surface area contributed by atoms with E-state index in [-0.39, 0.29) is 18.8 Å².